The third-order valence-electron chi connectivity index (χ3n) is 2.02. The molecule has 14 heavy (non-hydrogen) atoms. The normalized spacial score (nSPS) is 12.5. The summed E-state index contributed by atoms with van der Waals surface area (Å²) in [4.78, 5) is 4.00. The molecule has 0 amide bonds. The van der Waals surface area contributed by atoms with Gasteiger partial charge in [-0.2, -0.15) is 0 Å². The standard InChI is InChI=1S/C10H14BrClN2/c1-8(2-4-12)6-14-10-3-5-13-7-9(10)11/h3,5,7-8H,2,4,6H2,1H3,(H,13,14). The van der Waals surface area contributed by atoms with Crippen molar-refractivity contribution in [1.29, 1.82) is 0 Å². The first kappa shape index (κ1) is 11.8. The molecule has 0 aliphatic heterocycles. The predicted molar refractivity (Wildman–Crippen MR) is 64.9 cm³/mol. The SMILES string of the molecule is CC(CCCl)CNc1ccncc1Br. The summed E-state index contributed by atoms with van der Waals surface area (Å²) in [5.41, 5.74) is 1.08. The van der Waals surface area contributed by atoms with Gasteiger partial charge in [0.05, 0.1) is 10.2 Å². The number of rotatable bonds is 5. The van der Waals surface area contributed by atoms with E-state index in [9.17, 15) is 0 Å². The molecular formula is C10H14BrClN2. The van der Waals surface area contributed by atoms with Gasteiger partial charge in [-0.05, 0) is 34.3 Å². The Hall–Kier alpha value is -0.280. The topological polar surface area (TPSA) is 24.9 Å². The van der Waals surface area contributed by atoms with Crippen molar-refractivity contribution in [3.05, 3.63) is 22.9 Å². The van der Waals surface area contributed by atoms with Crippen LogP contribution in [0.1, 0.15) is 13.3 Å². The summed E-state index contributed by atoms with van der Waals surface area (Å²) < 4.78 is 0.998. The Kier molecular flexibility index (Phi) is 5.26. The molecule has 2 nitrogen and oxygen atoms in total. The summed E-state index contributed by atoms with van der Waals surface area (Å²) in [5, 5.41) is 3.35. The summed E-state index contributed by atoms with van der Waals surface area (Å²) in [6, 6.07) is 1.96. The van der Waals surface area contributed by atoms with Crippen LogP contribution in [0.3, 0.4) is 0 Å². The molecule has 1 atom stereocenters. The number of hydrogen-bond acceptors (Lipinski definition) is 2. The van der Waals surface area contributed by atoms with E-state index < -0.39 is 0 Å². The number of alkyl halides is 1. The van der Waals surface area contributed by atoms with Crippen LogP contribution in [-0.2, 0) is 0 Å². The van der Waals surface area contributed by atoms with Crippen molar-refractivity contribution in [3.63, 3.8) is 0 Å². The van der Waals surface area contributed by atoms with E-state index in [0.29, 0.717) is 5.92 Å². The van der Waals surface area contributed by atoms with Crippen molar-refractivity contribution in [2.24, 2.45) is 5.92 Å². The molecular weight excluding hydrogens is 263 g/mol. The Bertz CT molecular complexity index is 281. The zero-order valence-electron chi connectivity index (χ0n) is 8.13. The Morgan fingerprint density at radius 1 is 1.64 bits per heavy atom. The van der Waals surface area contributed by atoms with Crippen LogP contribution >= 0.6 is 27.5 Å². The van der Waals surface area contributed by atoms with Crippen LogP contribution in [0.15, 0.2) is 22.9 Å². The van der Waals surface area contributed by atoms with Crippen molar-refractivity contribution in [2.45, 2.75) is 13.3 Å². The molecule has 0 saturated heterocycles. The maximum atomic E-state index is 5.66. The van der Waals surface area contributed by atoms with Crippen LogP contribution in [0.25, 0.3) is 0 Å². The Morgan fingerprint density at radius 2 is 2.43 bits per heavy atom. The van der Waals surface area contributed by atoms with E-state index in [0.717, 1.165) is 29.0 Å². The van der Waals surface area contributed by atoms with Gasteiger partial charge in [-0.25, -0.2) is 0 Å². The minimum Gasteiger partial charge on any atom is -0.384 e. The van der Waals surface area contributed by atoms with Crippen LogP contribution in [0.4, 0.5) is 5.69 Å². The number of anilines is 1. The molecule has 1 unspecified atom stereocenters. The lowest BCUT2D eigenvalue weighted by molar-refractivity contribution is 0.597. The van der Waals surface area contributed by atoms with E-state index in [-0.39, 0.29) is 0 Å². The molecule has 0 saturated carbocycles. The minimum atomic E-state index is 0.590. The van der Waals surface area contributed by atoms with Crippen LogP contribution < -0.4 is 5.32 Å². The van der Waals surface area contributed by atoms with Crippen molar-refractivity contribution in [1.82, 2.24) is 4.98 Å². The second-order valence-electron chi connectivity index (χ2n) is 3.32. The fourth-order valence-corrected chi connectivity index (χ4v) is 1.85. The average molecular weight is 278 g/mol. The van der Waals surface area contributed by atoms with E-state index in [1.54, 1.807) is 12.4 Å². The molecule has 1 aromatic heterocycles. The second-order valence-corrected chi connectivity index (χ2v) is 4.55. The number of halogens is 2. The molecule has 1 heterocycles. The molecule has 1 aromatic rings. The quantitative estimate of drug-likeness (QED) is 0.833. The highest BCUT2D eigenvalue weighted by Gasteiger charge is 2.02. The number of nitrogens with zero attached hydrogens (tertiary/aromatic N) is 1. The lowest BCUT2D eigenvalue weighted by atomic mass is 10.1. The third kappa shape index (κ3) is 3.84. The van der Waals surface area contributed by atoms with E-state index in [4.69, 9.17) is 11.6 Å². The number of hydrogen-bond donors (Lipinski definition) is 1. The van der Waals surface area contributed by atoms with Gasteiger partial charge >= 0.3 is 0 Å². The summed E-state index contributed by atoms with van der Waals surface area (Å²) >= 11 is 9.10. The van der Waals surface area contributed by atoms with Crippen molar-refractivity contribution < 1.29 is 0 Å². The highest BCUT2D eigenvalue weighted by atomic mass is 79.9. The summed E-state index contributed by atoms with van der Waals surface area (Å²) in [6.07, 6.45) is 4.60. The van der Waals surface area contributed by atoms with Gasteiger partial charge in [0.1, 0.15) is 0 Å². The Labute approximate surface area is 98.2 Å². The van der Waals surface area contributed by atoms with Crippen LogP contribution in [0, 0.1) is 5.92 Å². The van der Waals surface area contributed by atoms with E-state index in [1.807, 2.05) is 6.07 Å². The summed E-state index contributed by atoms with van der Waals surface area (Å²) in [5.74, 6) is 1.31. The monoisotopic (exact) mass is 276 g/mol. The van der Waals surface area contributed by atoms with Crippen molar-refractivity contribution in [3.8, 4) is 0 Å². The van der Waals surface area contributed by atoms with Crippen LogP contribution in [-0.4, -0.2) is 17.4 Å². The third-order valence-corrected chi connectivity index (χ3v) is 2.87. The summed E-state index contributed by atoms with van der Waals surface area (Å²) in [7, 11) is 0. The molecule has 0 spiro atoms. The van der Waals surface area contributed by atoms with Gasteiger partial charge in [0.25, 0.3) is 0 Å². The fourth-order valence-electron chi connectivity index (χ4n) is 1.09. The van der Waals surface area contributed by atoms with E-state index in [2.05, 4.69) is 33.2 Å². The van der Waals surface area contributed by atoms with Gasteiger partial charge in [0, 0.05) is 24.8 Å². The number of pyridine rings is 1. The molecule has 1 rings (SSSR count). The first-order chi connectivity index (χ1) is 6.74. The van der Waals surface area contributed by atoms with E-state index in [1.165, 1.54) is 0 Å². The molecule has 0 aliphatic carbocycles. The zero-order valence-corrected chi connectivity index (χ0v) is 10.5. The van der Waals surface area contributed by atoms with Crippen molar-refractivity contribution >= 4 is 33.2 Å². The van der Waals surface area contributed by atoms with Crippen LogP contribution in [0.2, 0.25) is 0 Å². The highest BCUT2D eigenvalue weighted by molar-refractivity contribution is 9.10. The molecule has 1 N–H and O–H groups in total. The van der Waals surface area contributed by atoms with Crippen LogP contribution in [0.5, 0.6) is 0 Å². The number of aromatic nitrogens is 1. The number of nitrogens with one attached hydrogen (secondary N) is 1. The molecule has 78 valence electrons. The average Bonchev–Trinajstić information content (AvgIpc) is 2.17. The van der Waals surface area contributed by atoms with Crippen molar-refractivity contribution in [2.75, 3.05) is 17.7 Å². The Balaban J connectivity index is 2.41. The molecule has 0 bridgehead atoms. The second kappa shape index (κ2) is 6.25. The highest BCUT2D eigenvalue weighted by Crippen LogP contribution is 2.20. The van der Waals surface area contributed by atoms with Gasteiger partial charge in [-0.1, -0.05) is 6.92 Å². The Morgan fingerprint density at radius 3 is 3.07 bits per heavy atom. The van der Waals surface area contributed by atoms with Gasteiger partial charge in [-0.3, -0.25) is 4.98 Å². The molecule has 0 aromatic carbocycles. The largest absolute Gasteiger partial charge is 0.384 e. The van der Waals surface area contributed by atoms with Gasteiger partial charge in [0.2, 0.25) is 0 Å². The summed E-state index contributed by atoms with van der Waals surface area (Å²) in [6.45, 7) is 3.12. The van der Waals surface area contributed by atoms with E-state index >= 15 is 0 Å². The lowest BCUT2D eigenvalue weighted by Gasteiger charge is -2.12. The fraction of sp³-hybridized carbons (Fsp3) is 0.500. The zero-order chi connectivity index (χ0) is 10.4. The maximum absolute atomic E-state index is 5.66. The molecule has 0 radical (unpaired) electrons. The maximum Gasteiger partial charge on any atom is 0.0590 e. The molecule has 4 heteroatoms. The predicted octanol–water partition coefficient (Wildman–Crippen LogP) is 3.52. The molecule has 0 fully saturated rings. The smallest absolute Gasteiger partial charge is 0.0590 e. The lowest BCUT2D eigenvalue weighted by Crippen LogP contribution is -2.11. The minimum absolute atomic E-state index is 0.590. The molecule has 0 aliphatic rings. The first-order valence-electron chi connectivity index (χ1n) is 4.63. The first-order valence-corrected chi connectivity index (χ1v) is 5.96. The van der Waals surface area contributed by atoms with Gasteiger partial charge in [-0.15, -0.1) is 11.6 Å². The van der Waals surface area contributed by atoms with Gasteiger partial charge in [0.15, 0.2) is 0 Å². The van der Waals surface area contributed by atoms with Gasteiger partial charge < -0.3 is 5.32 Å².